The first-order chi connectivity index (χ1) is 12.7. The van der Waals surface area contributed by atoms with E-state index >= 15 is 0 Å². The molecule has 0 radical (unpaired) electrons. The van der Waals surface area contributed by atoms with E-state index in [9.17, 15) is 9.59 Å². The van der Waals surface area contributed by atoms with Gasteiger partial charge in [-0.2, -0.15) is 0 Å². The van der Waals surface area contributed by atoms with E-state index in [-0.39, 0.29) is 11.8 Å². The third-order valence-corrected chi connectivity index (χ3v) is 5.89. The Labute approximate surface area is 158 Å². The van der Waals surface area contributed by atoms with Gasteiger partial charge in [-0.25, -0.2) is 4.98 Å². The lowest BCUT2D eigenvalue weighted by molar-refractivity contribution is -0.123. The number of carbonyl (C=O) groups excluding carboxylic acids is 2. The van der Waals surface area contributed by atoms with Gasteiger partial charge in [0.25, 0.3) is 5.91 Å². The van der Waals surface area contributed by atoms with Gasteiger partial charge < -0.3 is 10.2 Å². The van der Waals surface area contributed by atoms with Gasteiger partial charge >= 0.3 is 0 Å². The molecule has 0 saturated carbocycles. The average Bonchev–Trinajstić information content (AvgIpc) is 3.38. The van der Waals surface area contributed by atoms with Crippen molar-refractivity contribution in [2.75, 3.05) is 6.54 Å². The Balaban J connectivity index is 1.56. The van der Waals surface area contributed by atoms with Crippen LogP contribution in [0.1, 0.15) is 31.9 Å². The highest BCUT2D eigenvalue weighted by molar-refractivity contribution is 7.12. The number of thiophene rings is 1. The van der Waals surface area contributed by atoms with Crippen molar-refractivity contribution in [2.45, 2.75) is 19.0 Å². The molecule has 4 rings (SSSR count). The Morgan fingerprint density at radius 3 is 2.85 bits per heavy atom. The number of amides is 2. The van der Waals surface area contributed by atoms with Crippen LogP contribution < -0.4 is 5.32 Å². The van der Waals surface area contributed by atoms with Crippen LogP contribution in [0, 0.1) is 0 Å². The molecule has 6 nitrogen and oxygen atoms in total. The fourth-order valence-corrected chi connectivity index (χ4v) is 4.27. The third kappa shape index (κ3) is 3.38. The number of nitrogens with one attached hydrogen (secondary N) is 1. The Morgan fingerprint density at radius 2 is 2.08 bits per heavy atom. The van der Waals surface area contributed by atoms with E-state index in [0.29, 0.717) is 24.5 Å². The lowest BCUT2D eigenvalue weighted by atomic mass is 9.93. The van der Waals surface area contributed by atoms with Gasteiger partial charge in [0.2, 0.25) is 5.91 Å². The molecule has 0 aliphatic carbocycles. The van der Waals surface area contributed by atoms with Crippen LogP contribution in [0.3, 0.4) is 0 Å². The van der Waals surface area contributed by atoms with E-state index in [0.717, 1.165) is 16.3 Å². The molecule has 1 aliphatic heterocycles. The van der Waals surface area contributed by atoms with E-state index in [2.05, 4.69) is 15.3 Å². The van der Waals surface area contributed by atoms with Gasteiger partial charge in [0.1, 0.15) is 5.01 Å². The monoisotopic (exact) mass is 384 g/mol. The molecule has 0 spiro atoms. The molecule has 3 aromatic heterocycles. The van der Waals surface area contributed by atoms with Gasteiger partial charge in [-0.3, -0.25) is 14.6 Å². The molecule has 0 aromatic carbocycles. The summed E-state index contributed by atoms with van der Waals surface area (Å²) < 4.78 is 0. The zero-order chi connectivity index (χ0) is 17.9. The Kier molecular flexibility index (Phi) is 4.77. The van der Waals surface area contributed by atoms with Crippen LogP contribution in [0.2, 0.25) is 0 Å². The number of thiazole rings is 1. The Bertz CT molecular complexity index is 909. The maximum Gasteiger partial charge on any atom is 0.264 e. The molecule has 0 saturated heterocycles. The summed E-state index contributed by atoms with van der Waals surface area (Å²) in [7, 11) is 0. The van der Waals surface area contributed by atoms with Crippen LogP contribution in [0.5, 0.6) is 0 Å². The molecule has 1 N–H and O–H groups in total. The molecule has 4 heterocycles. The minimum absolute atomic E-state index is 0.0489. The van der Waals surface area contributed by atoms with Crippen molar-refractivity contribution in [3.8, 4) is 0 Å². The summed E-state index contributed by atoms with van der Waals surface area (Å²) in [5.74, 6) is -0.667. The molecule has 1 aliphatic rings. The highest BCUT2D eigenvalue weighted by atomic mass is 32.1. The first-order valence-electron chi connectivity index (χ1n) is 8.15. The number of hydrogen-bond acceptors (Lipinski definition) is 6. The SMILES string of the molecule is O=C(NCc1nccs1)C1CN(C(=O)c2cccs2)Cc2cccnc21. The second kappa shape index (κ2) is 7.35. The highest BCUT2D eigenvalue weighted by Crippen LogP contribution is 2.28. The number of aromatic nitrogens is 2. The van der Waals surface area contributed by atoms with Gasteiger partial charge in [-0.05, 0) is 23.1 Å². The molecule has 0 fully saturated rings. The number of nitrogens with zero attached hydrogens (tertiary/aromatic N) is 3. The van der Waals surface area contributed by atoms with Crippen molar-refractivity contribution < 1.29 is 9.59 Å². The summed E-state index contributed by atoms with van der Waals surface area (Å²) in [6, 6.07) is 7.43. The summed E-state index contributed by atoms with van der Waals surface area (Å²) in [5, 5.41) is 7.53. The maximum absolute atomic E-state index is 12.8. The summed E-state index contributed by atoms with van der Waals surface area (Å²) in [6.45, 7) is 1.18. The molecule has 0 bridgehead atoms. The van der Waals surface area contributed by atoms with Gasteiger partial charge in [0.15, 0.2) is 0 Å². The fraction of sp³-hybridized carbons (Fsp3) is 0.222. The van der Waals surface area contributed by atoms with Crippen molar-refractivity contribution in [1.82, 2.24) is 20.2 Å². The second-order valence-electron chi connectivity index (χ2n) is 5.91. The van der Waals surface area contributed by atoms with Crippen molar-refractivity contribution in [3.05, 3.63) is 68.6 Å². The van der Waals surface area contributed by atoms with E-state index in [1.54, 1.807) is 17.3 Å². The van der Waals surface area contributed by atoms with E-state index in [4.69, 9.17) is 0 Å². The van der Waals surface area contributed by atoms with Crippen molar-refractivity contribution >= 4 is 34.5 Å². The average molecular weight is 384 g/mol. The quantitative estimate of drug-likeness (QED) is 0.750. The predicted octanol–water partition coefficient (Wildman–Crippen LogP) is 2.66. The van der Waals surface area contributed by atoms with Gasteiger partial charge in [0, 0.05) is 30.9 Å². The second-order valence-corrected chi connectivity index (χ2v) is 7.83. The lowest BCUT2D eigenvalue weighted by Crippen LogP contribution is -2.44. The van der Waals surface area contributed by atoms with E-state index in [1.807, 2.05) is 35.0 Å². The number of carbonyl (C=O) groups is 2. The standard InChI is InChI=1S/C18H16N4O2S2/c23-17(21-9-15-19-6-8-26-15)13-11-22(18(24)14-4-2-7-25-14)10-12-3-1-5-20-16(12)13/h1-8,13H,9-11H2,(H,21,23). The zero-order valence-electron chi connectivity index (χ0n) is 13.8. The van der Waals surface area contributed by atoms with E-state index < -0.39 is 5.92 Å². The number of fused-ring (bicyclic) bond motifs is 1. The number of pyridine rings is 1. The summed E-state index contributed by atoms with van der Waals surface area (Å²) >= 11 is 2.91. The molecule has 132 valence electrons. The molecule has 2 amide bonds. The smallest absolute Gasteiger partial charge is 0.264 e. The van der Waals surface area contributed by atoms with Crippen LogP contribution >= 0.6 is 22.7 Å². The lowest BCUT2D eigenvalue weighted by Gasteiger charge is -2.33. The van der Waals surface area contributed by atoms with Crippen molar-refractivity contribution in [1.29, 1.82) is 0 Å². The summed E-state index contributed by atoms with van der Waals surface area (Å²) in [4.78, 5) is 36.6. The first kappa shape index (κ1) is 16.9. The Morgan fingerprint density at radius 1 is 1.15 bits per heavy atom. The highest BCUT2D eigenvalue weighted by Gasteiger charge is 2.34. The molecule has 8 heteroatoms. The van der Waals surface area contributed by atoms with Crippen LogP contribution in [0.15, 0.2) is 47.4 Å². The van der Waals surface area contributed by atoms with Crippen LogP contribution in [-0.4, -0.2) is 33.2 Å². The minimum Gasteiger partial charge on any atom is -0.349 e. The minimum atomic E-state index is -0.483. The molecule has 1 atom stereocenters. The molecular weight excluding hydrogens is 368 g/mol. The normalized spacial score (nSPS) is 16.2. The van der Waals surface area contributed by atoms with E-state index in [1.165, 1.54) is 22.7 Å². The molecular formula is C18H16N4O2S2. The first-order valence-corrected chi connectivity index (χ1v) is 9.91. The van der Waals surface area contributed by atoms with Crippen molar-refractivity contribution in [3.63, 3.8) is 0 Å². The maximum atomic E-state index is 12.8. The number of rotatable bonds is 4. The summed E-state index contributed by atoms with van der Waals surface area (Å²) in [5.41, 5.74) is 1.66. The van der Waals surface area contributed by atoms with Gasteiger partial charge in [0.05, 0.1) is 23.0 Å². The number of hydrogen-bond donors (Lipinski definition) is 1. The van der Waals surface area contributed by atoms with Crippen LogP contribution in [0.4, 0.5) is 0 Å². The zero-order valence-corrected chi connectivity index (χ0v) is 15.4. The van der Waals surface area contributed by atoms with Crippen LogP contribution in [0.25, 0.3) is 0 Å². The molecule has 1 unspecified atom stereocenters. The summed E-state index contributed by atoms with van der Waals surface area (Å²) in [6.07, 6.45) is 3.40. The Hall–Kier alpha value is -2.58. The molecule has 3 aromatic rings. The topological polar surface area (TPSA) is 75.2 Å². The third-order valence-electron chi connectivity index (χ3n) is 4.25. The van der Waals surface area contributed by atoms with Gasteiger partial charge in [-0.15, -0.1) is 22.7 Å². The van der Waals surface area contributed by atoms with Crippen molar-refractivity contribution in [2.24, 2.45) is 0 Å². The molecule has 26 heavy (non-hydrogen) atoms. The van der Waals surface area contributed by atoms with Gasteiger partial charge in [-0.1, -0.05) is 12.1 Å². The fourth-order valence-electron chi connectivity index (χ4n) is 3.02. The largest absolute Gasteiger partial charge is 0.349 e. The predicted molar refractivity (Wildman–Crippen MR) is 100.0 cm³/mol. The van der Waals surface area contributed by atoms with Crippen LogP contribution in [-0.2, 0) is 17.9 Å².